The summed E-state index contributed by atoms with van der Waals surface area (Å²) in [5.74, 6) is -0.369. The van der Waals surface area contributed by atoms with Crippen molar-refractivity contribution in [2.75, 3.05) is 7.11 Å². The number of hydrogen-bond donors (Lipinski definition) is 1. The van der Waals surface area contributed by atoms with Gasteiger partial charge in [0.15, 0.2) is 0 Å². The van der Waals surface area contributed by atoms with E-state index < -0.39 is 11.4 Å². The molecule has 4 heteroatoms. The van der Waals surface area contributed by atoms with E-state index in [0.29, 0.717) is 24.3 Å². The van der Waals surface area contributed by atoms with Gasteiger partial charge in [-0.25, -0.2) is 4.98 Å². The average molecular weight is 243 g/mol. The first kappa shape index (κ1) is 11.0. The Morgan fingerprint density at radius 2 is 2.11 bits per heavy atom. The van der Waals surface area contributed by atoms with Gasteiger partial charge < -0.3 is 9.84 Å². The van der Waals surface area contributed by atoms with Gasteiger partial charge in [-0.1, -0.05) is 18.2 Å². The molecule has 1 aliphatic rings. The number of rotatable bonds is 3. The molecule has 0 amide bonds. The lowest BCUT2D eigenvalue weighted by Crippen LogP contribution is -2.20. The molecular weight excluding hydrogens is 230 g/mol. The topological polar surface area (TPSA) is 59.4 Å². The Morgan fingerprint density at radius 1 is 1.39 bits per heavy atom. The van der Waals surface area contributed by atoms with E-state index in [0.717, 1.165) is 10.9 Å². The Kier molecular flexibility index (Phi) is 2.26. The molecule has 92 valence electrons. The smallest absolute Gasteiger partial charge is 0.314 e. The summed E-state index contributed by atoms with van der Waals surface area (Å²) < 4.78 is 5.26. The van der Waals surface area contributed by atoms with Crippen LogP contribution in [-0.2, 0) is 10.2 Å². The predicted octanol–water partition coefficient (Wildman–Crippen LogP) is 2.36. The van der Waals surface area contributed by atoms with Crippen LogP contribution in [0.5, 0.6) is 5.88 Å². The zero-order chi connectivity index (χ0) is 12.8. The maximum absolute atomic E-state index is 11.4. The van der Waals surface area contributed by atoms with Crippen molar-refractivity contribution in [2.45, 2.75) is 18.3 Å². The first-order valence-corrected chi connectivity index (χ1v) is 5.85. The van der Waals surface area contributed by atoms with E-state index in [1.54, 1.807) is 0 Å². The third kappa shape index (κ3) is 1.45. The highest BCUT2D eigenvalue weighted by Gasteiger charge is 2.53. The fourth-order valence-corrected chi connectivity index (χ4v) is 2.32. The van der Waals surface area contributed by atoms with Crippen molar-refractivity contribution >= 4 is 16.9 Å². The summed E-state index contributed by atoms with van der Waals surface area (Å²) in [4.78, 5) is 15.8. The predicted molar refractivity (Wildman–Crippen MR) is 66.8 cm³/mol. The number of aromatic nitrogens is 1. The van der Waals surface area contributed by atoms with Crippen LogP contribution in [0, 0.1) is 0 Å². The van der Waals surface area contributed by atoms with Crippen LogP contribution in [0.15, 0.2) is 30.3 Å². The summed E-state index contributed by atoms with van der Waals surface area (Å²) in [6, 6.07) is 9.53. The fourth-order valence-electron chi connectivity index (χ4n) is 2.32. The number of carbonyl (C=O) groups is 1. The molecule has 1 fully saturated rings. The van der Waals surface area contributed by atoms with Crippen LogP contribution < -0.4 is 4.74 Å². The highest BCUT2D eigenvalue weighted by Crippen LogP contribution is 2.51. The lowest BCUT2D eigenvalue weighted by atomic mass is 9.96. The normalized spacial score (nSPS) is 16.5. The summed E-state index contributed by atoms with van der Waals surface area (Å²) in [7, 11) is 1.53. The molecule has 3 rings (SSSR count). The van der Waals surface area contributed by atoms with Gasteiger partial charge in [0.25, 0.3) is 0 Å². The van der Waals surface area contributed by atoms with Crippen molar-refractivity contribution < 1.29 is 14.6 Å². The van der Waals surface area contributed by atoms with Gasteiger partial charge in [0.1, 0.15) is 0 Å². The monoisotopic (exact) mass is 243 g/mol. The Balaban J connectivity index is 2.25. The number of carboxylic acids is 1. The van der Waals surface area contributed by atoms with Crippen LogP contribution in [0.2, 0.25) is 0 Å². The largest absolute Gasteiger partial charge is 0.481 e. The Labute approximate surface area is 104 Å². The number of pyridine rings is 1. The fraction of sp³-hybridized carbons (Fsp3) is 0.286. The van der Waals surface area contributed by atoms with Gasteiger partial charge >= 0.3 is 5.97 Å². The molecule has 1 aliphatic carbocycles. The van der Waals surface area contributed by atoms with Crippen molar-refractivity contribution in [3.63, 3.8) is 0 Å². The maximum Gasteiger partial charge on any atom is 0.314 e. The summed E-state index contributed by atoms with van der Waals surface area (Å²) in [5.41, 5.74) is 0.720. The number of carboxylic acid groups (broad SMARTS) is 1. The first-order valence-electron chi connectivity index (χ1n) is 5.85. The standard InChI is InChI=1S/C14H13NO3/c1-18-12-10(14(6-7-14)13(16)17)8-9-4-2-3-5-11(9)15-12/h2-5,8H,6-7H2,1H3,(H,16,17). The van der Waals surface area contributed by atoms with Crippen LogP contribution in [-0.4, -0.2) is 23.2 Å². The van der Waals surface area contributed by atoms with E-state index in [1.807, 2.05) is 30.3 Å². The van der Waals surface area contributed by atoms with Crippen molar-refractivity contribution in [1.82, 2.24) is 4.98 Å². The van der Waals surface area contributed by atoms with Gasteiger partial charge in [0, 0.05) is 10.9 Å². The van der Waals surface area contributed by atoms with E-state index in [-0.39, 0.29) is 0 Å². The molecule has 1 aromatic heterocycles. The highest BCUT2D eigenvalue weighted by molar-refractivity contribution is 5.89. The molecule has 18 heavy (non-hydrogen) atoms. The first-order chi connectivity index (χ1) is 8.67. The molecule has 1 N–H and O–H groups in total. The van der Waals surface area contributed by atoms with Gasteiger partial charge in [-0.15, -0.1) is 0 Å². The molecule has 0 aliphatic heterocycles. The molecule has 2 aromatic rings. The molecule has 0 radical (unpaired) electrons. The molecule has 0 spiro atoms. The van der Waals surface area contributed by atoms with Crippen LogP contribution in [0.4, 0.5) is 0 Å². The minimum atomic E-state index is -0.794. The molecule has 1 aromatic carbocycles. The second kappa shape index (κ2) is 3.70. The van der Waals surface area contributed by atoms with Gasteiger partial charge in [-0.3, -0.25) is 4.79 Å². The van der Waals surface area contributed by atoms with Crippen LogP contribution >= 0.6 is 0 Å². The number of aliphatic carboxylic acids is 1. The lowest BCUT2D eigenvalue weighted by molar-refractivity contribution is -0.140. The molecule has 0 atom stereocenters. The number of para-hydroxylation sites is 1. The van der Waals surface area contributed by atoms with E-state index in [9.17, 15) is 9.90 Å². The lowest BCUT2D eigenvalue weighted by Gasteiger charge is -2.14. The molecule has 4 nitrogen and oxygen atoms in total. The van der Waals surface area contributed by atoms with Crippen molar-refractivity contribution in [2.24, 2.45) is 0 Å². The molecule has 0 unspecified atom stereocenters. The second-order valence-electron chi connectivity index (χ2n) is 4.63. The quantitative estimate of drug-likeness (QED) is 0.899. The van der Waals surface area contributed by atoms with Crippen molar-refractivity contribution in [3.05, 3.63) is 35.9 Å². The number of benzene rings is 1. The Morgan fingerprint density at radius 3 is 2.72 bits per heavy atom. The van der Waals surface area contributed by atoms with E-state index in [4.69, 9.17) is 4.74 Å². The third-order valence-electron chi connectivity index (χ3n) is 3.56. The number of hydrogen-bond acceptors (Lipinski definition) is 3. The molecule has 0 bridgehead atoms. The minimum Gasteiger partial charge on any atom is -0.481 e. The van der Waals surface area contributed by atoms with E-state index in [1.165, 1.54) is 7.11 Å². The summed E-state index contributed by atoms with van der Waals surface area (Å²) in [6.45, 7) is 0. The van der Waals surface area contributed by atoms with Crippen LogP contribution in [0.1, 0.15) is 18.4 Å². The zero-order valence-corrected chi connectivity index (χ0v) is 10.0. The maximum atomic E-state index is 11.4. The summed E-state index contributed by atoms with van der Waals surface area (Å²) in [6.07, 6.45) is 1.30. The Hall–Kier alpha value is -2.10. The van der Waals surface area contributed by atoms with Gasteiger partial charge in [0.2, 0.25) is 5.88 Å². The van der Waals surface area contributed by atoms with Gasteiger partial charge in [-0.05, 0) is 25.0 Å². The second-order valence-corrected chi connectivity index (χ2v) is 4.63. The molecule has 0 saturated heterocycles. The van der Waals surface area contributed by atoms with Gasteiger partial charge in [0.05, 0.1) is 18.0 Å². The van der Waals surface area contributed by atoms with Crippen LogP contribution in [0.25, 0.3) is 10.9 Å². The van der Waals surface area contributed by atoms with E-state index >= 15 is 0 Å². The number of fused-ring (bicyclic) bond motifs is 1. The molecule has 1 heterocycles. The molecule has 1 saturated carbocycles. The number of nitrogens with zero attached hydrogens (tertiary/aromatic N) is 1. The number of ether oxygens (including phenoxy) is 1. The zero-order valence-electron chi connectivity index (χ0n) is 10.0. The third-order valence-corrected chi connectivity index (χ3v) is 3.56. The molecular formula is C14H13NO3. The van der Waals surface area contributed by atoms with Crippen LogP contribution in [0.3, 0.4) is 0 Å². The van der Waals surface area contributed by atoms with E-state index in [2.05, 4.69) is 4.98 Å². The highest BCUT2D eigenvalue weighted by atomic mass is 16.5. The number of methoxy groups -OCH3 is 1. The van der Waals surface area contributed by atoms with Crippen molar-refractivity contribution in [3.8, 4) is 5.88 Å². The summed E-state index contributed by atoms with van der Waals surface area (Å²) >= 11 is 0. The summed E-state index contributed by atoms with van der Waals surface area (Å²) in [5, 5.41) is 10.3. The van der Waals surface area contributed by atoms with Crippen molar-refractivity contribution in [1.29, 1.82) is 0 Å². The van der Waals surface area contributed by atoms with Gasteiger partial charge in [-0.2, -0.15) is 0 Å². The average Bonchev–Trinajstić information content (AvgIpc) is 3.18. The Bertz CT molecular complexity index is 632. The SMILES string of the molecule is COc1nc2ccccc2cc1C1(C(=O)O)CC1. The minimum absolute atomic E-state index is 0.425.